The van der Waals surface area contributed by atoms with E-state index >= 15 is 0 Å². The molecule has 1 aliphatic heterocycles. The first-order valence-electron chi connectivity index (χ1n) is 6.99. The average Bonchev–Trinajstić information content (AvgIpc) is 2.47. The Labute approximate surface area is 126 Å². The summed E-state index contributed by atoms with van der Waals surface area (Å²) < 4.78 is 45.1. The van der Waals surface area contributed by atoms with Crippen LogP contribution in [0.4, 0.5) is 18.9 Å². The second kappa shape index (κ2) is 7.46. The first-order valence-corrected chi connectivity index (χ1v) is 6.99. The smallest absolute Gasteiger partial charge is 0.406 e. The van der Waals surface area contributed by atoms with Crippen molar-refractivity contribution in [3.05, 3.63) is 24.3 Å². The fourth-order valence-corrected chi connectivity index (χ4v) is 2.16. The number of halogens is 3. The minimum atomic E-state index is -4.72. The van der Waals surface area contributed by atoms with E-state index in [2.05, 4.69) is 10.1 Å². The first-order chi connectivity index (χ1) is 10.4. The number of carbonyl (C=O) groups excluding carboxylic acids is 1. The van der Waals surface area contributed by atoms with Gasteiger partial charge < -0.3 is 19.7 Å². The Hall–Kier alpha value is -1.80. The van der Waals surface area contributed by atoms with Crippen LogP contribution >= 0.6 is 0 Å². The highest BCUT2D eigenvalue weighted by Gasteiger charge is 2.30. The number of anilines is 1. The van der Waals surface area contributed by atoms with E-state index in [9.17, 15) is 18.0 Å². The molecule has 1 aromatic carbocycles. The number of morpholine rings is 1. The highest BCUT2D eigenvalue weighted by molar-refractivity contribution is 5.90. The molecule has 1 heterocycles. The molecular weight excluding hydrogens is 301 g/mol. The van der Waals surface area contributed by atoms with Gasteiger partial charge in [-0.05, 0) is 24.3 Å². The third-order valence-corrected chi connectivity index (χ3v) is 3.28. The van der Waals surface area contributed by atoms with Gasteiger partial charge in [-0.3, -0.25) is 4.79 Å². The number of carbonyl (C=O) groups is 1. The van der Waals surface area contributed by atoms with Crippen LogP contribution in [0, 0.1) is 0 Å². The maximum absolute atomic E-state index is 12.0. The van der Waals surface area contributed by atoms with E-state index in [1.54, 1.807) is 0 Å². The van der Waals surface area contributed by atoms with Gasteiger partial charge in [-0.25, -0.2) is 0 Å². The molecule has 0 atom stereocenters. The maximum Gasteiger partial charge on any atom is 0.573 e. The zero-order chi connectivity index (χ0) is 16.0. The van der Waals surface area contributed by atoms with Crippen molar-refractivity contribution in [1.29, 1.82) is 0 Å². The van der Waals surface area contributed by atoms with Crippen LogP contribution in [0.1, 0.15) is 6.42 Å². The lowest BCUT2D eigenvalue weighted by Crippen LogP contribution is -3.14. The quantitative estimate of drug-likeness (QED) is 0.845. The molecule has 0 radical (unpaired) electrons. The topological polar surface area (TPSA) is 52.0 Å². The number of benzene rings is 1. The molecular formula is C14H18F3N2O3+. The number of rotatable bonds is 5. The first kappa shape index (κ1) is 16.6. The Morgan fingerprint density at radius 1 is 1.23 bits per heavy atom. The maximum atomic E-state index is 12.0. The highest BCUT2D eigenvalue weighted by atomic mass is 19.4. The van der Waals surface area contributed by atoms with Crippen LogP contribution in [0.5, 0.6) is 5.75 Å². The molecule has 1 fully saturated rings. The SMILES string of the molecule is O=C(CC[NH+]1CCOCC1)Nc1ccc(OC(F)(F)F)cc1. The molecule has 0 spiro atoms. The lowest BCUT2D eigenvalue weighted by Gasteiger charge is -2.23. The number of hydrogen-bond acceptors (Lipinski definition) is 3. The van der Waals surface area contributed by atoms with Crippen LogP contribution in [0.15, 0.2) is 24.3 Å². The zero-order valence-electron chi connectivity index (χ0n) is 11.9. The Morgan fingerprint density at radius 3 is 2.45 bits per heavy atom. The Balaban J connectivity index is 1.76. The zero-order valence-corrected chi connectivity index (χ0v) is 11.9. The van der Waals surface area contributed by atoms with E-state index in [4.69, 9.17) is 4.74 Å². The summed E-state index contributed by atoms with van der Waals surface area (Å²) in [4.78, 5) is 13.1. The van der Waals surface area contributed by atoms with Crippen LogP contribution in [-0.4, -0.2) is 45.1 Å². The van der Waals surface area contributed by atoms with Crippen LogP contribution < -0.4 is 15.0 Å². The fraction of sp³-hybridized carbons (Fsp3) is 0.500. The molecule has 2 N–H and O–H groups in total. The summed E-state index contributed by atoms with van der Waals surface area (Å²) in [7, 11) is 0. The minimum absolute atomic E-state index is 0.163. The third-order valence-electron chi connectivity index (χ3n) is 3.28. The standard InChI is InChI=1S/C14H17F3N2O3/c15-14(16,17)22-12-3-1-11(2-4-12)18-13(20)5-6-19-7-9-21-10-8-19/h1-4H,5-10H2,(H,18,20)/p+1. The lowest BCUT2D eigenvalue weighted by atomic mass is 10.2. The molecule has 0 unspecified atom stereocenters. The highest BCUT2D eigenvalue weighted by Crippen LogP contribution is 2.23. The lowest BCUT2D eigenvalue weighted by molar-refractivity contribution is -0.907. The predicted molar refractivity (Wildman–Crippen MR) is 72.8 cm³/mol. The summed E-state index contributed by atoms with van der Waals surface area (Å²) in [6.45, 7) is 3.90. The summed E-state index contributed by atoms with van der Waals surface area (Å²) in [5, 5.41) is 2.65. The summed E-state index contributed by atoms with van der Waals surface area (Å²) in [5.41, 5.74) is 0.441. The molecule has 22 heavy (non-hydrogen) atoms. The Morgan fingerprint density at radius 2 is 1.86 bits per heavy atom. The molecule has 1 saturated heterocycles. The van der Waals surface area contributed by atoms with Crippen molar-refractivity contribution in [2.24, 2.45) is 0 Å². The molecule has 8 heteroatoms. The number of nitrogens with one attached hydrogen (secondary N) is 2. The molecule has 0 aromatic heterocycles. The molecule has 5 nitrogen and oxygen atoms in total. The number of alkyl halides is 3. The van der Waals surface area contributed by atoms with Crippen LogP contribution in [-0.2, 0) is 9.53 Å². The van der Waals surface area contributed by atoms with Crippen molar-refractivity contribution in [3.63, 3.8) is 0 Å². The van der Waals surface area contributed by atoms with Gasteiger partial charge in [0.05, 0.1) is 26.2 Å². The third kappa shape index (κ3) is 5.90. The van der Waals surface area contributed by atoms with E-state index in [1.807, 2.05) is 0 Å². The van der Waals surface area contributed by atoms with Gasteiger partial charge in [0.15, 0.2) is 0 Å². The van der Waals surface area contributed by atoms with Crippen molar-refractivity contribution >= 4 is 11.6 Å². The van der Waals surface area contributed by atoms with Crippen molar-refractivity contribution in [1.82, 2.24) is 0 Å². The Kier molecular flexibility index (Phi) is 5.62. The van der Waals surface area contributed by atoms with Crippen molar-refractivity contribution < 1.29 is 32.3 Å². The van der Waals surface area contributed by atoms with E-state index in [0.29, 0.717) is 31.9 Å². The van der Waals surface area contributed by atoms with Gasteiger partial charge in [0, 0.05) is 5.69 Å². The van der Waals surface area contributed by atoms with E-state index in [1.165, 1.54) is 17.0 Å². The summed E-state index contributed by atoms with van der Waals surface area (Å²) in [6.07, 6.45) is -4.36. The second-order valence-electron chi connectivity index (χ2n) is 4.98. The van der Waals surface area contributed by atoms with Gasteiger partial charge in [0.25, 0.3) is 0 Å². The van der Waals surface area contributed by atoms with Gasteiger partial charge in [-0.15, -0.1) is 13.2 Å². The average molecular weight is 319 g/mol. The largest absolute Gasteiger partial charge is 0.573 e. The number of amides is 1. The fourth-order valence-electron chi connectivity index (χ4n) is 2.16. The normalized spacial score (nSPS) is 16.3. The summed E-state index contributed by atoms with van der Waals surface area (Å²) >= 11 is 0. The molecule has 1 amide bonds. The van der Waals surface area contributed by atoms with Crippen LogP contribution in [0.3, 0.4) is 0 Å². The Bertz CT molecular complexity index is 485. The van der Waals surface area contributed by atoms with Gasteiger partial charge >= 0.3 is 6.36 Å². The molecule has 2 rings (SSSR count). The number of quaternary nitrogens is 1. The van der Waals surface area contributed by atoms with E-state index < -0.39 is 6.36 Å². The van der Waals surface area contributed by atoms with Gasteiger partial charge in [-0.2, -0.15) is 0 Å². The van der Waals surface area contributed by atoms with Gasteiger partial charge in [-0.1, -0.05) is 0 Å². The van der Waals surface area contributed by atoms with Gasteiger partial charge in [0.2, 0.25) is 5.91 Å². The van der Waals surface area contributed by atoms with E-state index in [0.717, 1.165) is 25.2 Å². The van der Waals surface area contributed by atoms with Crippen LogP contribution in [0.25, 0.3) is 0 Å². The summed E-state index contributed by atoms with van der Waals surface area (Å²) in [6, 6.07) is 5.08. The summed E-state index contributed by atoms with van der Waals surface area (Å²) in [5.74, 6) is -0.480. The molecule has 0 aliphatic carbocycles. The predicted octanol–water partition coefficient (Wildman–Crippen LogP) is 0.829. The molecule has 122 valence electrons. The van der Waals surface area contributed by atoms with Crippen LogP contribution in [0.2, 0.25) is 0 Å². The van der Waals surface area contributed by atoms with Gasteiger partial charge in [0.1, 0.15) is 18.8 Å². The van der Waals surface area contributed by atoms with Crippen molar-refractivity contribution in [2.75, 3.05) is 38.2 Å². The van der Waals surface area contributed by atoms with Crippen molar-refractivity contribution in [2.45, 2.75) is 12.8 Å². The monoisotopic (exact) mass is 319 g/mol. The molecule has 0 saturated carbocycles. The molecule has 0 bridgehead atoms. The number of ether oxygens (including phenoxy) is 2. The number of hydrogen-bond donors (Lipinski definition) is 2. The molecule has 1 aliphatic rings. The second-order valence-corrected chi connectivity index (χ2v) is 4.98. The van der Waals surface area contributed by atoms with Crippen molar-refractivity contribution in [3.8, 4) is 5.75 Å². The minimum Gasteiger partial charge on any atom is -0.406 e. The molecule has 1 aromatic rings. The van der Waals surface area contributed by atoms with E-state index in [-0.39, 0.29) is 11.7 Å².